The molecular formula is C19H21F2N3O. The molecule has 1 aromatic carbocycles. The summed E-state index contributed by atoms with van der Waals surface area (Å²) in [4.78, 5) is 2.46. The molecule has 6 heteroatoms. The van der Waals surface area contributed by atoms with Gasteiger partial charge in [-0.15, -0.1) is 5.10 Å². The molecule has 2 aliphatic heterocycles. The third-order valence-corrected chi connectivity index (χ3v) is 5.26. The molecule has 2 fully saturated rings. The largest absolute Gasteiger partial charge is 0.472 e. The minimum Gasteiger partial charge on any atom is -0.472 e. The molecule has 2 aliphatic rings. The predicted molar refractivity (Wildman–Crippen MR) is 90.3 cm³/mol. The van der Waals surface area contributed by atoms with Crippen LogP contribution in [0.5, 0.6) is 5.88 Å². The van der Waals surface area contributed by atoms with Crippen molar-refractivity contribution in [3.63, 3.8) is 0 Å². The Labute approximate surface area is 145 Å². The fraction of sp³-hybridized carbons (Fsp3) is 0.474. The second-order valence-corrected chi connectivity index (χ2v) is 6.98. The van der Waals surface area contributed by atoms with Crippen molar-refractivity contribution in [2.75, 3.05) is 19.6 Å². The number of aryl methyl sites for hydroxylation is 1. The van der Waals surface area contributed by atoms with Gasteiger partial charge in [0.05, 0.1) is 11.8 Å². The van der Waals surface area contributed by atoms with E-state index in [4.69, 9.17) is 4.74 Å². The topological polar surface area (TPSA) is 38.3 Å². The molecule has 4 nitrogen and oxygen atoms in total. The van der Waals surface area contributed by atoms with E-state index in [0.29, 0.717) is 11.5 Å². The second kappa shape index (κ2) is 6.67. The van der Waals surface area contributed by atoms with E-state index >= 15 is 0 Å². The van der Waals surface area contributed by atoms with Gasteiger partial charge in [-0.2, -0.15) is 5.10 Å². The lowest BCUT2D eigenvalue weighted by molar-refractivity contribution is 0.0126. The fourth-order valence-corrected chi connectivity index (χ4v) is 3.97. The van der Waals surface area contributed by atoms with Crippen molar-refractivity contribution in [2.45, 2.75) is 32.3 Å². The van der Waals surface area contributed by atoms with Gasteiger partial charge in [0.1, 0.15) is 17.7 Å². The zero-order chi connectivity index (χ0) is 17.4. The number of halogens is 2. The van der Waals surface area contributed by atoms with E-state index in [0.717, 1.165) is 32.5 Å². The van der Waals surface area contributed by atoms with Crippen LogP contribution in [-0.4, -0.2) is 40.8 Å². The van der Waals surface area contributed by atoms with E-state index in [1.165, 1.54) is 24.8 Å². The first-order valence-corrected chi connectivity index (χ1v) is 8.78. The zero-order valence-electron chi connectivity index (χ0n) is 14.2. The van der Waals surface area contributed by atoms with Crippen molar-refractivity contribution in [3.8, 4) is 17.0 Å². The molecule has 0 saturated carbocycles. The van der Waals surface area contributed by atoms with Gasteiger partial charge in [0.25, 0.3) is 0 Å². The summed E-state index contributed by atoms with van der Waals surface area (Å²) in [5.41, 5.74) is 0.884. The maximum absolute atomic E-state index is 14.6. The van der Waals surface area contributed by atoms with Crippen molar-refractivity contribution >= 4 is 0 Å². The molecule has 1 aromatic heterocycles. The Kier molecular flexibility index (Phi) is 4.37. The van der Waals surface area contributed by atoms with Crippen LogP contribution >= 0.6 is 0 Å². The predicted octanol–water partition coefficient (Wildman–Crippen LogP) is 3.59. The Bertz CT molecular complexity index is 783. The first kappa shape index (κ1) is 16.4. The molecular weight excluding hydrogens is 324 g/mol. The number of ether oxygens (including phenoxy) is 1. The Morgan fingerprint density at radius 3 is 2.92 bits per heavy atom. The first-order chi connectivity index (χ1) is 12.1. The van der Waals surface area contributed by atoms with Gasteiger partial charge in [-0.25, -0.2) is 8.78 Å². The van der Waals surface area contributed by atoms with Crippen LogP contribution in [0.15, 0.2) is 24.4 Å². The highest BCUT2D eigenvalue weighted by Gasteiger charge is 2.34. The number of nitrogens with zero attached hydrogens (tertiary/aromatic N) is 3. The van der Waals surface area contributed by atoms with Crippen LogP contribution in [-0.2, 0) is 0 Å². The average molecular weight is 345 g/mol. The van der Waals surface area contributed by atoms with Crippen LogP contribution in [0.4, 0.5) is 8.78 Å². The quantitative estimate of drug-likeness (QED) is 0.852. The molecule has 0 amide bonds. The molecule has 2 saturated heterocycles. The highest BCUT2D eigenvalue weighted by Crippen LogP contribution is 2.35. The van der Waals surface area contributed by atoms with Gasteiger partial charge in [0, 0.05) is 24.6 Å². The van der Waals surface area contributed by atoms with E-state index in [2.05, 4.69) is 15.1 Å². The van der Waals surface area contributed by atoms with Crippen LogP contribution in [0, 0.1) is 24.5 Å². The van der Waals surface area contributed by atoms with Crippen molar-refractivity contribution in [3.05, 3.63) is 41.6 Å². The number of benzene rings is 1. The second-order valence-electron chi connectivity index (χ2n) is 6.98. The lowest BCUT2D eigenvalue weighted by atomic mass is 9.87. The summed E-state index contributed by atoms with van der Waals surface area (Å²) in [5.74, 6) is -0.184. The molecule has 3 unspecified atom stereocenters. The molecule has 25 heavy (non-hydrogen) atoms. The molecule has 3 atom stereocenters. The van der Waals surface area contributed by atoms with Gasteiger partial charge in [-0.3, -0.25) is 0 Å². The summed E-state index contributed by atoms with van der Waals surface area (Å²) in [5, 5.41) is 7.97. The molecule has 0 N–H and O–H groups in total. The van der Waals surface area contributed by atoms with Crippen molar-refractivity contribution in [2.24, 2.45) is 5.92 Å². The summed E-state index contributed by atoms with van der Waals surface area (Å²) in [6.45, 7) is 4.75. The summed E-state index contributed by atoms with van der Waals surface area (Å²) in [7, 11) is 0. The molecule has 0 spiro atoms. The number of fused-ring (bicyclic) bond motifs is 2. The average Bonchev–Trinajstić information content (AvgIpc) is 2.61. The minimum absolute atomic E-state index is 0.0460. The summed E-state index contributed by atoms with van der Waals surface area (Å²) in [6.07, 6.45) is 4.75. The van der Waals surface area contributed by atoms with Crippen LogP contribution in [0.2, 0.25) is 0 Å². The van der Waals surface area contributed by atoms with Gasteiger partial charge in [-0.1, -0.05) is 0 Å². The SMILES string of the molecule is Cc1cc(F)cc(-c2ccnnc2OC2CCN3CCCC2C3)c1F. The Hall–Kier alpha value is -2.08. The van der Waals surface area contributed by atoms with Crippen LogP contribution < -0.4 is 4.74 Å². The molecule has 2 bridgehead atoms. The first-order valence-electron chi connectivity index (χ1n) is 8.78. The van der Waals surface area contributed by atoms with Crippen LogP contribution in [0.3, 0.4) is 0 Å². The maximum atomic E-state index is 14.6. The van der Waals surface area contributed by atoms with E-state index in [1.54, 1.807) is 13.0 Å². The molecule has 2 aromatic rings. The lowest BCUT2D eigenvalue weighted by Gasteiger charge is -2.42. The van der Waals surface area contributed by atoms with Crippen molar-refractivity contribution < 1.29 is 13.5 Å². The summed E-state index contributed by atoms with van der Waals surface area (Å²) >= 11 is 0. The monoisotopic (exact) mass is 345 g/mol. The Morgan fingerprint density at radius 2 is 2.04 bits per heavy atom. The van der Waals surface area contributed by atoms with Crippen LogP contribution in [0.25, 0.3) is 11.1 Å². The molecule has 0 aliphatic carbocycles. The lowest BCUT2D eigenvalue weighted by Crippen LogP contribution is -2.49. The molecule has 3 heterocycles. The van der Waals surface area contributed by atoms with Gasteiger partial charge >= 0.3 is 0 Å². The Balaban J connectivity index is 1.66. The highest BCUT2D eigenvalue weighted by molar-refractivity contribution is 5.69. The fourth-order valence-electron chi connectivity index (χ4n) is 3.97. The Morgan fingerprint density at radius 1 is 1.16 bits per heavy atom. The van der Waals surface area contributed by atoms with E-state index in [-0.39, 0.29) is 23.1 Å². The number of hydrogen-bond acceptors (Lipinski definition) is 4. The van der Waals surface area contributed by atoms with Gasteiger partial charge < -0.3 is 9.64 Å². The van der Waals surface area contributed by atoms with Gasteiger partial charge in [0.15, 0.2) is 0 Å². The minimum atomic E-state index is -0.475. The van der Waals surface area contributed by atoms with E-state index in [9.17, 15) is 8.78 Å². The number of aromatic nitrogens is 2. The summed E-state index contributed by atoms with van der Waals surface area (Å²) in [6, 6.07) is 4.01. The molecule has 4 rings (SSSR count). The van der Waals surface area contributed by atoms with Gasteiger partial charge in [-0.05, 0) is 56.5 Å². The van der Waals surface area contributed by atoms with Crippen LogP contribution in [0.1, 0.15) is 24.8 Å². The van der Waals surface area contributed by atoms with Gasteiger partial charge in [0.2, 0.25) is 5.88 Å². The smallest absolute Gasteiger partial charge is 0.241 e. The van der Waals surface area contributed by atoms with Crippen molar-refractivity contribution in [1.29, 1.82) is 0 Å². The molecule has 132 valence electrons. The standard InChI is InChI=1S/C19H21F2N3O/c1-12-9-14(20)10-16(18(12)21)15-4-6-22-23-19(15)25-17-5-8-24-7-2-3-13(17)11-24/h4,6,9-10,13,17H,2-3,5,7-8,11H2,1H3. The number of rotatable bonds is 3. The number of piperidine rings is 2. The highest BCUT2D eigenvalue weighted by atomic mass is 19.1. The number of hydrogen-bond donors (Lipinski definition) is 0. The summed E-state index contributed by atoms with van der Waals surface area (Å²) < 4.78 is 34.5. The zero-order valence-corrected chi connectivity index (χ0v) is 14.2. The van der Waals surface area contributed by atoms with E-state index < -0.39 is 11.6 Å². The van der Waals surface area contributed by atoms with Crippen molar-refractivity contribution in [1.82, 2.24) is 15.1 Å². The third kappa shape index (κ3) is 3.23. The van der Waals surface area contributed by atoms with E-state index in [1.807, 2.05) is 0 Å². The third-order valence-electron chi connectivity index (χ3n) is 5.26. The normalized spacial score (nSPS) is 25.6. The maximum Gasteiger partial charge on any atom is 0.241 e. The molecule has 0 radical (unpaired) electrons.